The predicted molar refractivity (Wildman–Crippen MR) is 71.2 cm³/mol. The van der Waals surface area contributed by atoms with Gasteiger partial charge in [-0.25, -0.2) is 0 Å². The molecule has 0 aromatic carbocycles. The molecule has 0 aromatic rings. The van der Waals surface area contributed by atoms with Gasteiger partial charge in [-0.3, -0.25) is 0 Å². The summed E-state index contributed by atoms with van der Waals surface area (Å²) in [6, 6.07) is -0.121. The number of hydrogen-bond acceptors (Lipinski definition) is 2. The highest BCUT2D eigenvalue weighted by Gasteiger charge is 2.06. The van der Waals surface area contributed by atoms with E-state index in [0.29, 0.717) is 6.42 Å². The van der Waals surface area contributed by atoms with Gasteiger partial charge < -0.3 is 10.8 Å². The van der Waals surface area contributed by atoms with Gasteiger partial charge in [-0.15, -0.1) is 0 Å². The average Bonchev–Trinajstić information content (AvgIpc) is 2.21. The van der Waals surface area contributed by atoms with Crippen LogP contribution in [-0.4, -0.2) is 17.3 Å². The van der Waals surface area contributed by atoms with Crippen LogP contribution in [0.4, 0.5) is 0 Å². The Bertz CT molecular complexity index is 137. The minimum Gasteiger partial charge on any atom is -0.393 e. The van der Waals surface area contributed by atoms with Crippen molar-refractivity contribution in [3.63, 3.8) is 0 Å². The molecule has 0 amide bonds. The maximum absolute atomic E-state index is 9.57. The molecule has 0 saturated heterocycles. The molecule has 3 N–H and O–H groups in total. The third kappa shape index (κ3) is 12.0. The van der Waals surface area contributed by atoms with Gasteiger partial charge in [-0.1, -0.05) is 58.3 Å². The van der Waals surface area contributed by atoms with Gasteiger partial charge in [0.15, 0.2) is 0 Å². The van der Waals surface area contributed by atoms with E-state index in [-0.39, 0.29) is 12.1 Å². The number of hydrogen-bond donors (Lipinski definition) is 2. The Morgan fingerprint density at radius 3 is 2.00 bits per heavy atom. The lowest BCUT2D eigenvalue weighted by Crippen LogP contribution is -2.22. The lowest BCUT2D eigenvalue weighted by Gasteiger charge is -2.12. The summed E-state index contributed by atoms with van der Waals surface area (Å²) in [7, 11) is 0. The lowest BCUT2D eigenvalue weighted by atomic mass is 10.0. The first-order valence-electron chi connectivity index (χ1n) is 6.93. The molecule has 0 aliphatic heterocycles. The molecule has 2 nitrogen and oxygen atoms in total. The molecule has 0 rings (SSSR count). The number of unbranched alkanes of at least 4 members (excludes halogenated alkanes) is 7. The van der Waals surface area contributed by atoms with Gasteiger partial charge in [0.1, 0.15) is 0 Å². The van der Waals surface area contributed by atoms with E-state index in [0.717, 1.165) is 12.8 Å². The summed E-state index contributed by atoms with van der Waals surface area (Å²) in [6.45, 7) is 5.93. The SMILES string of the molecule is [CH2]C(N)CC(O)CCCCCCCCCC. The molecule has 0 aromatic heterocycles. The molecule has 2 unspecified atom stereocenters. The Kier molecular flexibility index (Phi) is 11.3. The molecule has 0 bridgehead atoms. The van der Waals surface area contributed by atoms with E-state index in [9.17, 15) is 5.11 Å². The average molecular weight is 228 g/mol. The standard InChI is InChI=1S/C14H30NO/c1-3-4-5-6-7-8-9-10-11-14(16)12-13(2)15/h13-14,16H,2-12,15H2,1H3. The summed E-state index contributed by atoms with van der Waals surface area (Å²) < 4.78 is 0. The van der Waals surface area contributed by atoms with Crippen molar-refractivity contribution in [3.8, 4) is 0 Å². The molecule has 0 spiro atoms. The van der Waals surface area contributed by atoms with E-state index in [4.69, 9.17) is 5.73 Å². The molecular formula is C14H30NO. The first kappa shape index (κ1) is 15.9. The first-order chi connectivity index (χ1) is 7.66. The van der Waals surface area contributed by atoms with Gasteiger partial charge in [0.2, 0.25) is 0 Å². The summed E-state index contributed by atoms with van der Waals surface area (Å²) in [4.78, 5) is 0. The van der Waals surface area contributed by atoms with E-state index in [1.807, 2.05) is 0 Å². The fourth-order valence-electron chi connectivity index (χ4n) is 1.98. The minimum atomic E-state index is -0.243. The van der Waals surface area contributed by atoms with Gasteiger partial charge in [0.05, 0.1) is 6.10 Å². The van der Waals surface area contributed by atoms with Crippen molar-refractivity contribution in [1.29, 1.82) is 0 Å². The topological polar surface area (TPSA) is 46.2 Å². The molecule has 0 saturated carbocycles. The maximum atomic E-state index is 9.57. The highest BCUT2D eigenvalue weighted by atomic mass is 16.3. The molecule has 2 heteroatoms. The Balaban J connectivity index is 3.08. The fraction of sp³-hybridized carbons (Fsp3) is 0.929. The van der Waals surface area contributed by atoms with Crippen molar-refractivity contribution < 1.29 is 5.11 Å². The quantitative estimate of drug-likeness (QED) is 0.532. The molecule has 0 aliphatic carbocycles. The van der Waals surface area contributed by atoms with E-state index in [2.05, 4.69) is 13.8 Å². The maximum Gasteiger partial charge on any atom is 0.0555 e. The van der Waals surface area contributed by atoms with Gasteiger partial charge >= 0.3 is 0 Å². The summed E-state index contributed by atoms with van der Waals surface area (Å²) in [5, 5.41) is 9.57. The smallest absolute Gasteiger partial charge is 0.0555 e. The highest BCUT2D eigenvalue weighted by Crippen LogP contribution is 2.11. The number of aliphatic hydroxyl groups is 1. The summed E-state index contributed by atoms with van der Waals surface area (Å²) >= 11 is 0. The van der Waals surface area contributed by atoms with Crippen LogP contribution in [0.5, 0.6) is 0 Å². The van der Waals surface area contributed by atoms with E-state index in [1.165, 1.54) is 44.9 Å². The molecular weight excluding hydrogens is 198 g/mol. The second-order valence-electron chi connectivity index (χ2n) is 4.91. The molecule has 97 valence electrons. The first-order valence-corrected chi connectivity index (χ1v) is 6.93. The van der Waals surface area contributed by atoms with Crippen molar-refractivity contribution in [1.82, 2.24) is 0 Å². The van der Waals surface area contributed by atoms with Crippen LogP contribution in [0.2, 0.25) is 0 Å². The van der Waals surface area contributed by atoms with Gasteiger partial charge in [-0.2, -0.15) is 0 Å². The number of aliphatic hydroxyl groups excluding tert-OH is 1. The van der Waals surface area contributed by atoms with E-state index < -0.39 is 0 Å². The second kappa shape index (κ2) is 11.4. The minimum absolute atomic E-state index is 0.121. The van der Waals surface area contributed by atoms with Crippen LogP contribution < -0.4 is 5.73 Å². The zero-order valence-corrected chi connectivity index (χ0v) is 11.0. The van der Waals surface area contributed by atoms with Crippen LogP contribution in [0.25, 0.3) is 0 Å². The van der Waals surface area contributed by atoms with Crippen molar-refractivity contribution in [2.24, 2.45) is 5.73 Å². The Morgan fingerprint density at radius 2 is 1.50 bits per heavy atom. The fourth-order valence-corrected chi connectivity index (χ4v) is 1.98. The Hall–Kier alpha value is -0.0800. The third-order valence-corrected chi connectivity index (χ3v) is 2.97. The second-order valence-corrected chi connectivity index (χ2v) is 4.91. The zero-order chi connectivity index (χ0) is 12.2. The van der Waals surface area contributed by atoms with Crippen molar-refractivity contribution >= 4 is 0 Å². The van der Waals surface area contributed by atoms with Crippen LogP contribution >= 0.6 is 0 Å². The van der Waals surface area contributed by atoms with Crippen LogP contribution in [0, 0.1) is 6.92 Å². The van der Waals surface area contributed by atoms with Crippen LogP contribution in [0.3, 0.4) is 0 Å². The van der Waals surface area contributed by atoms with Crippen molar-refractivity contribution in [3.05, 3.63) is 6.92 Å². The zero-order valence-electron chi connectivity index (χ0n) is 11.0. The molecule has 2 atom stereocenters. The van der Waals surface area contributed by atoms with Crippen LogP contribution in [0.1, 0.15) is 71.1 Å². The molecule has 16 heavy (non-hydrogen) atoms. The number of rotatable bonds is 11. The van der Waals surface area contributed by atoms with Crippen molar-refractivity contribution in [2.75, 3.05) is 0 Å². The van der Waals surface area contributed by atoms with Crippen molar-refractivity contribution in [2.45, 2.75) is 83.3 Å². The summed E-state index contributed by atoms with van der Waals surface area (Å²) in [5.41, 5.74) is 5.52. The molecule has 0 heterocycles. The normalized spacial score (nSPS) is 15.0. The molecule has 0 aliphatic rings. The third-order valence-electron chi connectivity index (χ3n) is 2.97. The number of nitrogens with two attached hydrogens (primary N) is 1. The molecule has 0 fully saturated rings. The lowest BCUT2D eigenvalue weighted by molar-refractivity contribution is 0.147. The summed E-state index contributed by atoms with van der Waals surface area (Å²) in [5.74, 6) is 0. The summed E-state index contributed by atoms with van der Waals surface area (Å²) in [6.07, 6.45) is 11.8. The van der Waals surface area contributed by atoms with E-state index in [1.54, 1.807) is 0 Å². The van der Waals surface area contributed by atoms with Crippen LogP contribution in [0.15, 0.2) is 0 Å². The Morgan fingerprint density at radius 1 is 1.00 bits per heavy atom. The monoisotopic (exact) mass is 228 g/mol. The van der Waals surface area contributed by atoms with Gasteiger partial charge in [-0.05, 0) is 19.8 Å². The van der Waals surface area contributed by atoms with E-state index >= 15 is 0 Å². The van der Waals surface area contributed by atoms with Crippen LogP contribution in [-0.2, 0) is 0 Å². The predicted octanol–water partition coefficient (Wildman–Crippen LogP) is 3.43. The van der Waals surface area contributed by atoms with Gasteiger partial charge in [0.25, 0.3) is 0 Å². The Labute approximate surface area is 102 Å². The molecule has 1 radical (unpaired) electrons. The largest absolute Gasteiger partial charge is 0.393 e. The highest BCUT2D eigenvalue weighted by molar-refractivity contribution is 4.68. The van der Waals surface area contributed by atoms with Gasteiger partial charge in [0, 0.05) is 6.04 Å².